The van der Waals surface area contributed by atoms with Crippen LogP contribution < -0.4 is 5.48 Å². The van der Waals surface area contributed by atoms with Crippen molar-refractivity contribution >= 4 is 5.82 Å². The number of nitrogens with one attached hydrogen (secondary N) is 1. The molecule has 0 aliphatic rings. The lowest BCUT2D eigenvalue weighted by atomic mass is 10.3. The Morgan fingerprint density at radius 1 is 1.41 bits per heavy atom. The molecule has 0 aliphatic heterocycles. The number of aromatic nitrogens is 2. The summed E-state index contributed by atoms with van der Waals surface area (Å²) in [6.07, 6.45) is -1.67. The van der Waals surface area contributed by atoms with Crippen LogP contribution in [-0.4, -0.2) is 16.6 Å². The van der Waals surface area contributed by atoms with Crippen LogP contribution in [0.5, 0.6) is 0 Å². The molecule has 1 N–H and O–H groups in total. The standard InChI is InChI=1S/C10H14F3N3O/c1-3-4-5-17-16-8-7(2)6-14-9(15-8)10(11,12)13/h6H,3-5H2,1-2H3,(H,14,15,16). The molecule has 0 spiro atoms. The third-order valence-corrected chi connectivity index (χ3v) is 1.99. The van der Waals surface area contributed by atoms with E-state index >= 15 is 0 Å². The van der Waals surface area contributed by atoms with Crippen molar-refractivity contribution in [2.45, 2.75) is 32.9 Å². The van der Waals surface area contributed by atoms with Crippen LogP contribution in [0.2, 0.25) is 0 Å². The van der Waals surface area contributed by atoms with Gasteiger partial charge in [0.25, 0.3) is 0 Å². The van der Waals surface area contributed by atoms with E-state index in [1.54, 1.807) is 6.92 Å². The summed E-state index contributed by atoms with van der Waals surface area (Å²) in [5, 5.41) is 0. The zero-order valence-electron chi connectivity index (χ0n) is 9.64. The first-order chi connectivity index (χ1) is 7.95. The molecule has 0 bridgehead atoms. The van der Waals surface area contributed by atoms with Crippen LogP contribution in [0.1, 0.15) is 31.2 Å². The number of nitrogens with zero attached hydrogens (tertiary/aromatic N) is 2. The van der Waals surface area contributed by atoms with Gasteiger partial charge in [0.1, 0.15) is 0 Å². The quantitative estimate of drug-likeness (QED) is 0.643. The van der Waals surface area contributed by atoms with Gasteiger partial charge >= 0.3 is 6.18 Å². The predicted octanol–water partition coefficient (Wildman–Crippen LogP) is 2.95. The van der Waals surface area contributed by atoms with Crippen molar-refractivity contribution in [3.8, 4) is 0 Å². The second-order valence-electron chi connectivity index (χ2n) is 3.53. The smallest absolute Gasteiger partial charge is 0.275 e. The molecule has 1 heterocycles. The number of anilines is 1. The molecule has 0 fully saturated rings. The molecule has 0 saturated heterocycles. The maximum Gasteiger partial charge on any atom is 0.451 e. The molecule has 0 amide bonds. The van der Waals surface area contributed by atoms with Crippen molar-refractivity contribution < 1.29 is 18.0 Å². The number of rotatable bonds is 5. The largest absolute Gasteiger partial charge is 0.451 e. The molecule has 0 radical (unpaired) electrons. The summed E-state index contributed by atoms with van der Waals surface area (Å²) in [4.78, 5) is 11.6. The van der Waals surface area contributed by atoms with Crippen LogP contribution in [0.4, 0.5) is 19.0 Å². The molecule has 4 nitrogen and oxygen atoms in total. The highest BCUT2D eigenvalue weighted by atomic mass is 19.4. The van der Waals surface area contributed by atoms with Gasteiger partial charge in [-0.2, -0.15) is 13.2 Å². The maximum absolute atomic E-state index is 12.3. The highest BCUT2D eigenvalue weighted by molar-refractivity contribution is 5.39. The fourth-order valence-corrected chi connectivity index (χ4v) is 1.02. The molecule has 1 aromatic heterocycles. The van der Waals surface area contributed by atoms with Gasteiger partial charge in [0.05, 0.1) is 6.61 Å². The van der Waals surface area contributed by atoms with Gasteiger partial charge in [0, 0.05) is 11.8 Å². The Labute approximate surface area is 97.2 Å². The highest BCUT2D eigenvalue weighted by Crippen LogP contribution is 2.27. The predicted molar refractivity (Wildman–Crippen MR) is 56.3 cm³/mol. The second kappa shape index (κ2) is 5.81. The third-order valence-electron chi connectivity index (χ3n) is 1.99. The fourth-order valence-electron chi connectivity index (χ4n) is 1.02. The Morgan fingerprint density at radius 2 is 2.12 bits per heavy atom. The van der Waals surface area contributed by atoms with Crippen LogP contribution >= 0.6 is 0 Å². The third kappa shape index (κ3) is 4.18. The van der Waals surface area contributed by atoms with E-state index in [1.807, 2.05) is 6.92 Å². The molecule has 1 aromatic rings. The molecule has 1 rings (SSSR count). The van der Waals surface area contributed by atoms with E-state index in [-0.39, 0.29) is 5.82 Å². The van der Waals surface area contributed by atoms with Crippen molar-refractivity contribution in [1.82, 2.24) is 9.97 Å². The molecule has 0 aliphatic carbocycles. The normalized spacial score (nSPS) is 11.6. The van der Waals surface area contributed by atoms with Gasteiger partial charge in [-0.05, 0) is 13.3 Å². The Bertz CT molecular complexity index is 368. The summed E-state index contributed by atoms with van der Waals surface area (Å²) in [5.74, 6) is -1.13. The number of hydrogen-bond acceptors (Lipinski definition) is 4. The number of aryl methyl sites for hydroxylation is 1. The van der Waals surface area contributed by atoms with Gasteiger partial charge in [-0.1, -0.05) is 13.3 Å². The molecule has 17 heavy (non-hydrogen) atoms. The van der Waals surface area contributed by atoms with Crippen molar-refractivity contribution in [3.63, 3.8) is 0 Å². The molecule has 0 aromatic carbocycles. The minimum atomic E-state index is -4.55. The first-order valence-electron chi connectivity index (χ1n) is 5.23. The Hall–Kier alpha value is -1.37. The first-order valence-corrected chi connectivity index (χ1v) is 5.23. The van der Waals surface area contributed by atoms with Crippen molar-refractivity contribution in [2.24, 2.45) is 0 Å². The van der Waals surface area contributed by atoms with Crippen LogP contribution in [0.3, 0.4) is 0 Å². The van der Waals surface area contributed by atoms with Gasteiger partial charge in [-0.3, -0.25) is 4.84 Å². The van der Waals surface area contributed by atoms with E-state index < -0.39 is 12.0 Å². The SMILES string of the molecule is CCCCONc1nc(C(F)(F)F)ncc1C. The van der Waals surface area contributed by atoms with Crippen LogP contribution in [0, 0.1) is 6.92 Å². The molecule has 0 atom stereocenters. The summed E-state index contributed by atoms with van der Waals surface area (Å²) >= 11 is 0. The lowest BCUT2D eigenvalue weighted by Gasteiger charge is -2.10. The van der Waals surface area contributed by atoms with E-state index in [2.05, 4.69) is 15.4 Å². The number of unbranched alkanes of at least 4 members (excludes halogenated alkanes) is 1. The van der Waals surface area contributed by atoms with Gasteiger partial charge in [0.2, 0.25) is 5.82 Å². The summed E-state index contributed by atoms with van der Waals surface area (Å²) in [6.45, 7) is 4.01. The van der Waals surface area contributed by atoms with Crippen LogP contribution in [0.15, 0.2) is 6.20 Å². The van der Waals surface area contributed by atoms with Gasteiger partial charge in [0.15, 0.2) is 5.82 Å². The van der Waals surface area contributed by atoms with Crippen molar-refractivity contribution in [2.75, 3.05) is 12.1 Å². The van der Waals surface area contributed by atoms with E-state index in [4.69, 9.17) is 4.84 Å². The van der Waals surface area contributed by atoms with Crippen LogP contribution in [0.25, 0.3) is 0 Å². The molecular weight excluding hydrogens is 235 g/mol. The molecule has 96 valence electrons. The molecule has 0 unspecified atom stereocenters. The number of alkyl halides is 3. The summed E-state index contributed by atoms with van der Waals surface area (Å²) in [7, 11) is 0. The number of halogens is 3. The fraction of sp³-hybridized carbons (Fsp3) is 0.600. The van der Waals surface area contributed by atoms with Gasteiger partial charge in [-0.25, -0.2) is 15.4 Å². The Kier molecular flexibility index (Phi) is 4.68. The monoisotopic (exact) mass is 249 g/mol. The average molecular weight is 249 g/mol. The molecule has 0 saturated carbocycles. The minimum absolute atomic E-state index is 0.0448. The van der Waals surface area contributed by atoms with Gasteiger partial charge < -0.3 is 0 Å². The van der Waals surface area contributed by atoms with Crippen molar-refractivity contribution in [3.05, 3.63) is 17.6 Å². The van der Waals surface area contributed by atoms with E-state index in [0.29, 0.717) is 12.2 Å². The lowest BCUT2D eigenvalue weighted by Crippen LogP contribution is -2.14. The zero-order valence-corrected chi connectivity index (χ0v) is 9.64. The minimum Gasteiger partial charge on any atom is -0.275 e. The number of hydrogen-bond donors (Lipinski definition) is 1. The summed E-state index contributed by atoms with van der Waals surface area (Å²) in [6, 6.07) is 0. The first kappa shape index (κ1) is 13.7. The topological polar surface area (TPSA) is 47.0 Å². The summed E-state index contributed by atoms with van der Waals surface area (Å²) in [5.41, 5.74) is 2.90. The zero-order chi connectivity index (χ0) is 12.9. The molecular formula is C10H14F3N3O. The summed E-state index contributed by atoms with van der Waals surface area (Å²) < 4.78 is 37.0. The van der Waals surface area contributed by atoms with E-state index in [9.17, 15) is 13.2 Å². The van der Waals surface area contributed by atoms with E-state index in [1.165, 1.54) is 0 Å². The second-order valence-corrected chi connectivity index (χ2v) is 3.53. The highest BCUT2D eigenvalue weighted by Gasteiger charge is 2.35. The molecule has 7 heteroatoms. The average Bonchev–Trinajstić information content (AvgIpc) is 2.25. The van der Waals surface area contributed by atoms with Crippen molar-refractivity contribution in [1.29, 1.82) is 0 Å². The Morgan fingerprint density at radius 3 is 2.71 bits per heavy atom. The Balaban J connectivity index is 2.70. The lowest BCUT2D eigenvalue weighted by molar-refractivity contribution is -0.144. The maximum atomic E-state index is 12.3. The van der Waals surface area contributed by atoms with E-state index in [0.717, 1.165) is 19.0 Å². The van der Waals surface area contributed by atoms with Gasteiger partial charge in [-0.15, -0.1) is 0 Å². The van der Waals surface area contributed by atoms with Crippen LogP contribution in [-0.2, 0) is 11.0 Å².